The molecule has 5 rings (SSSR count). The maximum Gasteiger partial charge on any atom is 0.258 e. The Morgan fingerprint density at radius 3 is 2.62 bits per heavy atom. The minimum absolute atomic E-state index is 0.0952. The van der Waals surface area contributed by atoms with Crippen LogP contribution in [0.3, 0.4) is 0 Å². The molecule has 2 aromatic carbocycles. The lowest BCUT2D eigenvalue weighted by Crippen LogP contribution is -2.61. The summed E-state index contributed by atoms with van der Waals surface area (Å²) in [7, 11) is -3.48. The van der Waals surface area contributed by atoms with Crippen molar-refractivity contribution in [3.8, 4) is 11.5 Å². The van der Waals surface area contributed by atoms with E-state index in [1.165, 1.54) is 0 Å². The Morgan fingerprint density at radius 1 is 1.05 bits per heavy atom. The normalized spacial score (nSPS) is 26.6. The summed E-state index contributed by atoms with van der Waals surface area (Å²) in [5.41, 5.74) is 1.13. The van der Waals surface area contributed by atoms with Gasteiger partial charge in [-0.15, -0.1) is 0 Å². The standard InChI is InChI=1S/C28H36N4O7S/c1-40(36,37)30-22-11-10-20-12-15-38-25-9-5-3-7-21(25)28(35)32-14-13-31(17-19-6-2-4-8-24(19)33)18-23(32)27(34)29-16-26(22)39-20/h2-9,20,22-23,26,30,33H,10-18H2,1H3,(H,29,34)/t20-,22+,23-,26+/m0/s1. The van der Waals surface area contributed by atoms with E-state index in [1.807, 2.05) is 17.0 Å². The number of hydrogen-bond donors (Lipinski definition) is 3. The summed E-state index contributed by atoms with van der Waals surface area (Å²) in [6, 6.07) is 12.8. The number of fused-ring (bicyclic) bond motifs is 4. The first-order valence-electron chi connectivity index (χ1n) is 13.6. The van der Waals surface area contributed by atoms with Crippen molar-refractivity contribution < 1.29 is 32.6 Å². The molecule has 0 aromatic heterocycles. The minimum Gasteiger partial charge on any atom is -0.508 e. The average molecular weight is 573 g/mol. The smallest absolute Gasteiger partial charge is 0.258 e. The number of benzene rings is 2. The van der Waals surface area contributed by atoms with Crippen LogP contribution < -0.4 is 14.8 Å². The van der Waals surface area contributed by atoms with Gasteiger partial charge in [0.1, 0.15) is 17.5 Å². The highest BCUT2D eigenvalue weighted by Crippen LogP contribution is 2.27. The number of para-hydroxylation sites is 2. The first-order chi connectivity index (χ1) is 19.2. The lowest BCUT2D eigenvalue weighted by molar-refractivity contribution is -0.130. The van der Waals surface area contributed by atoms with Crippen LogP contribution in [-0.4, -0.2) is 98.5 Å². The fraction of sp³-hybridized carbons (Fsp3) is 0.500. The van der Waals surface area contributed by atoms with E-state index in [9.17, 15) is 23.1 Å². The second kappa shape index (κ2) is 12.1. The number of amides is 2. The number of piperazine rings is 1. The summed E-state index contributed by atoms with van der Waals surface area (Å²) in [5.74, 6) is -0.0157. The van der Waals surface area contributed by atoms with Gasteiger partial charge in [0.2, 0.25) is 15.9 Å². The van der Waals surface area contributed by atoms with E-state index in [-0.39, 0.29) is 36.8 Å². The SMILES string of the molecule is CS(=O)(=O)N[C@@H]1CC[C@H]2CCOc3ccccc3C(=O)N3CCN(Cc4ccccc4O)C[C@H]3C(=O)NC[C@H]1O2. The van der Waals surface area contributed by atoms with E-state index in [1.54, 1.807) is 41.3 Å². The number of nitrogens with one attached hydrogen (secondary N) is 2. The zero-order valence-electron chi connectivity index (χ0n) is 22.5. The number of nitrogens with zero attached hydrogens (tertiary/aromatic N) is 2. The second-order valence-electron chi connectivity index (χ2n) is 10.6. The molecule has 0 radical (unpaired) electrons. The van der Waals surface area contributed by atoms with Crippen molar-refractivity contribution >= 4 is 21.8 Å². The molecule has 2 amide bonds. The van der Waals surface area contributed by atoms with E-state index in [0.717, 1.165) is 11.8 Å². The molecule has 3 aliphatic rings. The number of rotatable bonds is 4. The Morgan fingerprint density at radius 2 is 1.82 bits per heavy atom. The summed E-state index contributed by atoms with van der Waals surface area (Å²) in [5, 5.41) is 13.2. The van der Waals surface area contributed by atoms with E-state index < -0.39 is 28.2 Å². The number of sulfonamides is 1. The highest BCUT2D eigenvalue weighted by Gasteiger charge is 2.39. The van der Waals surface area contributed by atoms with Gasteiger partial charge in [0.25, 0.3) is 5.91 Å². The van der Waals surface area contributed by atoms with Crippen molar-refractivity contribution in [1.29, 1.82) is 0 Å². The maximum absolute atomic E-state index is 13.8. The minimum atomic E-state index is -3.48. The van der Waals surface area contributed by atoms with E-state index in [4.69, 9.17) is 9.47 Å². The van der Waals surface area contributed by atoms with Crippen LogP contribution >= 0.6 is 0 Å². The maximum atomic E-state index is 13.8. The fourth-order valence-electron chi connectivity index (χ4n) is 5.65. The summed E-state index contributed by atoms with van der Waals surface area (Å²) >= 11 is 0. The third kappa shape index (κ3) is 6.74. The Kier molecular flexibility index (Phi) is 8.60. The summed E-state index contributed by atoms with van der Waals surface area (Å²) in [4.78, 5) is 31.1. The van der Waals surface area contributed by atoms with Crippen molar-refractivity contribution in [3.63, 3.8) is 0 Å². The van der Waals surface area contributed by atoms with Crippen molar-refractivity contribution in [1.82, 2.24) is 19.8 Å². The number of hydrogen-bond acceptors (Lipinski definition) is 8. The molecule has 2 aromatic rings. The Balaban J connectivity index is 1.42. The van der Waals surface area contributed by atoms with E-state index in [0.29, 0.717) is 56.8 Å². The Hall–Kier alpha value is -3.19. The van der Waals surface area contributed by atoms with Crippen LogP contribution in [0.15, 0.2) is 48.5 Å². The van der Waals surface area contributed by atoms with Crippen LogP contribution in [0.25, 0.3) is 0 Å². The lowest BCUT2D eigenvalue weighted by atomic mass is 9.97. The highest BCUT2D eigenvalue weighted by molar-refractivity contribution is 7.88. The molecule has 2 saturated heterocycles. The number of carbonyl (C=O) groups is 2. The molecule has 4 atom stereocenters. The van der Waals surface area contributed by atoms with Gasteiger partial charge in [-0.1, -0.05) is 30.3 Å². The first kappa shape index (κ1) is 28.3. The molecule has 11 nitrogen and oxygen atoms in total. The number of aromatic hydroxyl groups is 1. The van der Waals surface area contributed by atoms with Crippen molar-refractivity contribution in [2.24, 2.45) is 0 Å². The zero-order chi connectivity index (χ0) is 28.3. The molecule has 12 heteroatoms. The first-order valence-corrected chi connectivity index (χ1v) is 15.5. The number of phenols is 1. The third-order valence-corrected chi connectivity index (χ3v) is 8.42. The topological polar surface area (TPSA) is 138 Å². The molecular weight excluding hydrogens is 536 g/mol. The van der Waals surface area contributed by atoms with Crippen LogP contribution in [0.1, 0.15) is 35.2 Å². The Bertz CT molecular complexity index is 1340. The van der Waals surface area contributed by atoms with Gasteiger partial charge in [0, 0.05) is 50.7 Å². The Labute approximate surface area is 234 Å². The molecule has 40 heavy (non-hydrogen) atoms. The summed E-state index contributed by atoms with van der Waals surface area (Å²) < 4.78 is 38.9. The average Bonchev–Trinajstić information content (AvgIpc) is 2.93. The monoisotopic (exact) mass is 572 g/mol. The van der Waals surface area contributed by atoms with Gasteiger partial charge in [0.15, 0.2) is 0 Å². The van der Waals surface area contributed by atoms with Gasteiger partial charge in [-0.3, -0.25) is 14.5 Å². The lowest BCUT2D eigenvalue weighted by Gasteiger charge is -2.42. The molecule has 3 aliphatic heterocycles. The van der Waals surface area contributed by atoms with E-state index >= 15 is 0 Å². The largest absolute Gasteiger partial charge is 0.508 e. The number of carbonyl (C=O) groups excluding carboxylic acids is 2. The van der Waals surface area contributed by atoms with Crippen LogP contribution in [0.2, 0.25) is 0 Å². The third-order valence-electron chi connectivity index (χ3n) is 7.69. The predicted octanol–water partition coefficient (Wildman–Crippen LogP) is 1.08. The van der Waals surface area contributed by atoms with Gasteiger partial charge < -0.3 is 24.8 Å². The van der Waals surface area contributed by atoms with Crippen LogP contribution in [0.5, 0.6) is 11.5 Å². The summed E-state index contributed by atoms with van der Waals surface area (Å²) in [6.45, 7) is 1.92. The van der Waals surface area contributed by atoms with Gasteiger partial charge in [-0.05, 0) is 31.0 Å². The quantitative estimate of drug-likeness (QED) is 0.495. The molecule has 3 N–H and O–H groups in total. The molecule has 0 aliphatic carbocycles. The molecule has 0 saturated carbocycles. The second-order valence-corrected chi connectivity index (χ2v) is 12.4. The molecule has 2 bridgehead atoms. The van der Waals surface area contributed by atoms with Gasteiger partial charge in [-0.2, -0.15) is 0 Å². The van der Waals surface area contributed by atoms with Gasteiger partial charge in [0.05, 0.1) is 30.6 Å². The van der Waals surface area contributed by atoms with Gasteiger partial charge >= 0.3 is 0 Å². The summed E-state index contributed by atoms with van der Waals surface area (Å²) in [6.07, 6.45) is 2.13. The van der Waals surface area contributed by atoms with Crippen LogP contribution in [0.4, 0.5) is 0 Å². The van der Waals surface area contributed by atoms with E-state index in [2.05, 4.69) is 10.0 Å². The van der Waals surface area contributed by atoms with Crippen molar-refractivity contribution in [2.45, 2.75) is 50.1 Å². The highest BCUT2D eigenvalue weighted by atomic mass is 32.2. The number of phenolic OH excluding ortho intramolecular Hbond substituents is 1. The van der Waals surface area contributed by atoms with Gasteiger partial charge in [-0.25, -0.2) is 13.1 Å². The molecule has 216 valence electrons. The molecule has 0 spiro atoms. The van der Waals surface area contributed by atoms with Crippen molar-refractivity contribution in [2.75, 3.05) is 39.0 Å². The van der Waals surface area contributed by atoms with Crippen LogP contribution in [0, 0.1) is 0 Å². The van der Waals surface area contributed by atoms with Crippen LogP contribution in [-0.2, 0) is 26.1 Å². The molecule has 0 unspecified atom stereocenters. The van der Waals surface area contributed by atoms with Crippen molar-refractivity contribution in [3.05, 3.63) is 59.7 Å². The molecule has 2 fully saturated rings. The predicted molar refractivity (Wildman–Crippen MR) is 147 cm³/mol. The number of ether oxygens (including phenoxy) is 2. The molecular formula is C28H36N4O7S. The molecule has 3 heterocycles. The zero-order valence-corrected chi connectivity index (χ0v) is 23.3. The fourth-order valence-corrected chi connectivity index (χ4v) is 6.47.